The number of nitrogens with one attached hydrogen (secondary N) is 1. The Labute approximate surface area is 124 Å². The molecule has 0 bridgehead atoms. The fourth-order valence-corrected chi connectivity index (χ4v) is 4.07. The van der Waals surface area contributed by atoms with Gasteiger partial charge in [0.05, 0.1) is 6.61 Å². The van der Waals surface area contributed by atoms with Crippen LogP contribution in [-0.4, -0.2) is 72.9 Å². The molecule has 0 amide bonds. The summed E-state index contributed by atoms with van der Waals surface area (Å²) in [5.74, 6) is 0. The molecule has 2 unspecified atom stereocenters. The van der Waals surface area contributed by atoms with Crippen molar-refractivity contribution in [2.45, 2.75) is 63.1 Å². The molecule has 20 heavy (non-hydrogen) atoms. The van der Waals surface area contributed by atoms with Crippen LogP contribution in [0.25, 0.3) is 0 Å². The van der Waals surface area contributed by atoms with Crippen molar-refractivity contribution >= 4 is 0 Å². The Balaban J connectivity index is 1.90. The lowest BCUT2D eigenvalue weighted by molar-refractivity contribution is 0.0374. The summed E-state index contributed by atoms with van der Waals surface area (Å²) in [4.78, 5) is 5.17. The van der Waals surface area contributed by atoms with Crippen molar-refractivity contribution in [3.05, 3.63) is 0 Å². The molecule has 4 heteroatoms. The van der Waals surface area contributed by atoms with Crippen LogP contribution in [-0.2, 0) is 0 Å². The fraction of sp³-hybridized carbons (Fsp3) is 1.00. The molecule has 2 N–H and O–H groups in total. The molecule has 4 nitrogen and oxygen atoms in total. The van der Waals surface area contributed by atoms with Crippen molar-refractivity contribution in [3.63, 3.8) is 0 Å². The molecule has 2 rings (SSSR count). The molecule has 0 aromatic carbocycles. The first-order valence-corrected chi connectivity index (χ1v) is 8.38. The SMILES string of the molecule is CCN1CCC(N(C)C2CCCC(CO)(NC)C2)CC1. The minimum Gasteiger partial charge on any atom is -0.394 e. The van der Waals surface area contributed by atoms with Gasteiger partial charge < -0.3 is 20.2 Å². The number of likely N-dealkylation sites (tertiary alicyclic amines) is 1. The zero-order chi connectivity index (χ0) is 14.6. The van der Waals surface area contributed by atoms with E-state index in [-0.39, 0.29) is 12.1 Å². The Morgan fingerprint density at radius 2 is 1.95 bits per heavy atom. The van der Waals surface area contributed by atoms with Gasteiger partial charge in [0, 0.05) is 17.6 Å². The lowest BCUT2D eigenvalue weighted by Crippen LogP contribution is -2.56. The maximum atomic E-state index is 9.73. The van der Waals surface area contributed by atoms with E-state index < -0.39 is 0 Å². The van der Waals surface area contributed by atoms with Crippen LogP contribution in [0.2, 0.25) is 0 Å². The second kappa shape index (κ2) is 7.21. The number of piperidine rings is 1. The molecule has 1 saturated carbocycles. The topological polar surface area (TPSA) is 38.7 Å². The summed E-state index contributed by atoms with van der Waals surface area (Å²) in [6.07, 6.45) is 7.31. The Morgan fingerprint density at radius 3 is 2.50 bits per heavy atom. The summed E-state index contributed by atoms with van der Waals surface area (Å²) in [6.45, 7) is 6.20. The summed E-state index contributed by atoms with van der Waals surface area (Å²) in [5.41, 5.74) is -0.0404. The molecular weight excluding hydrogens is 250 g/mol. The van der Waals surface area contributed by atoms with Gasteiger partial charge in [0.2, 0.25) is 0 Å². The molecule has 0 radical (unpaired) electrons. The minimum atomic E-state index is -0.0404. The van der Waals surface area contributed by atoms with Gasteiger partial charge in [0.1, 0.15) is 0 Å². The summed E-state index contributed by atoms with van der Waals surface area (Å²) in [6, 6.07) is 1.36. The van der Waals surface area contributed by atoms with Crippen molar-refractivity contribution in [2.75, 3.05) is 40.3 Å². The zero-order valence-corrected chi connectivity index (χ0v) is 13.6. The standard InChI is InChI=1S/C16H33N3O/c1-4-19-10-7-14(8-11-19)18(3)15-6-5-9-16(12-15,13-20)17-2/h14-15,17,20H,4-13H2,1-3H3. The third kappa shape index (κ3) is 3.53. The Morgan fingerprint density at radius 1 is 1.25 bits per heavy atom. The highest BCUT2D eigenvalue weighted by atomic mass is 16.3. The predicted octanol–water partition coefficient (Wildman–Crippen LogP) is 1.30. The lowest BCUT2D eigenvalue weighted by Gasteiger charge is -2.46. The average Bonchev–Trinajstić information content (AvgIpc) is 2.54. The number of hydrogen-bond donors (Lipinski definition) is 2. The van der Waals surface area contributed by atoms with E-state index in [9.17, 15) is 5.11 Å². The molecule has 2 atom stereocenters. The minimum absolute atomic E-state index is 0.0404. The molecular formula is C16H33N3O. The maximum absolute atomic E-state index is 9.73. The van der Waals surface area contributed by atoms with Crippen LogP contribution >= 0.6 is 0 Å². The van der Waals surface area contributed by atoms with Crippen LogP contribution in [0.5, 0.6) is 0 Å². The van der Waals surface area contributed by atoms with E-state index in [2.05, 4.69) is 29.1 Å². The molecule has 0 aromatic heterocycles. The monoisotopic (exact) mass is 283 g/mol. The number of hydrogen-bond acceptors (Lipinski definition) is 4. The van der Waals surface area contributed by atoms with Crippen molar-refractivity contribution < 1.29 is 5.11 Å². The van der Waals surface area contributed by atoms with E-state index in [1.807, 2.05) is 7.05 Å². The first kappa shape index (κ1) is 16.2. The van der Waals surface area contributed by atoms with E-state index in [4.69, 9.17) is 0 Å². The normalized spacial score (nSPS) is 33.8. The highest BCUT2D eigenvalue weighted by Crippen LogP contribution is 2.32. The molecule has 1 heterocycles. The number of aliphatic hydroxyl groups excluding tert-OH is 1. The first-order chi connectivity index (χ1) is 9.64. The average molecular weight is 283 g/mol. The second-order valence-electron chi connectivity index (χ2n) is 6.77. The van der Waals surface area contributed by atoms with Crippen LogP contribution < -0.4 is 5.32 Å². The van der Waals surface area contributed by atoms with Gasteiger partial charge in [-0.25, -0.2) is 0 Å². The number of likely N-dealkylation sites (N-methyl/N-ethyl adjacent to an activating group) is 1. The predicted molar refractivity (Wildman–Crippen MR) is 84.0 cm³/mol. The van der Waals surface area contributed by atoms with Gasteiger partial charge in [0.25, 0.3) is 0 Å². The van der Waals surface area contributed by atoms with Gasteiger partial charge in [-0.3, -0.25) is 0 Å². The van der Waals surface area contributed by atoms with E-state index in [0.717, 1.165) is 18.9 Å². The van der Waals surface area contributed by atoms with Crippen molar-refractivity contribution in [3.8, 4) is 0 Å². The smallest absolute Gasteiger partial charge is 0.0613 e. The van der Waals surface area contributed by atoms with Crippen LogP contribution in [0.15, 0.2) is 0 Å². The largest absolute Gasteiger partial charge is 0.394 e. The van der Waals surface area contributed by atoms with Crippen LogP contribution in [0.4, 0.5) is 0 Å². The molecule has 1 aliphatic carbocycles. The Kier molecular flexibility index (Phi) is 5.84. The fourth-order valence-electron chi connectivity index (χ4n) is 4.07. The number of nitrogens with zero attached hydrogens (tertiary/aromatic N) is 2. The zero-order valence-electron chi connectivity index (χ0n) is 13.6. The third-order valence-electron chi connectivity index (χ3n) is 5.81. The second-order valence-corrected chi connectivity index (χ2v) is 6.77. The van der Waals surface area contributed by atoms with Gasteiger partial charge in [-0.1, -0.05) is 6.92 Å². The quantitative estimate of drug-likeness (QED) is 0.798. The van der Waals surface area contributed by atoms with E-state index >= 15 is 0 Å². The van der Waals surface area contributed by atoms with Crippen molar-refractivity contribution in [1.82, 2.24) is 15.1 Å². The Hall–Kier alpha value is -0.160. The molecule has 118 valence electrons. The van der Waals surface area contributed by atoms with Gasteiger partial charge in [0.15, 0.2) is 0 Å². The van der Waals surface area contributed by atoms with Crippen LogP contribution in [0.1, 0.15) is 45.4 Å². The molecule has 2 fully saturated rings. The summed E-state index contributed by atoms with van der Waals surface area (Å²) in [5, 5.41) is 13.1. The molecule has 0 aromatic rings. The molecule has 2 aliphatic rings. The van der Waals surface area contributed by atoms with Crippen molar-refractivity contribution in [1.29, 1.82) is 0 Å². The van der Waals surface area contributed by atoms with Gasteiger partial charge in [-0.05, 0) is 72.3 Å². The van der Waals surface area contributed by atoms with Gasteiger partial charge in [-0.2, -0.15) is 0 Å². The number of rotatable bonds is 5. The van der Waals surface area contributed by atoms with Crippen LogP contribution in [0, 0.1) is 0 Å². The highest BCUT2D eigenvalue weighted by molar-refractivity contribution is 4.96. The van der Waals surface area contributed by atoms with E-state index in [0.29, 0.717) is 6.04 Å². The van der Waals surface area contributed by atoms with Gasteiger partial charge in [-0.15, -0.1) is 0 Å². The summed E-state index contributed by atoms with van der Waals surface area (Å²) >= 11 is 0. The molecule has 1 aliphatic heterocycles. The van der Waals surface area contributed by atoms with Gasteiger partial charge >= 0.3 is 0 Å². The lowest BCUT2D eigenvalue weighted by atomic mass is 9.78. The van der Waals surface area contributed by atoms with Crippen LogP contribution in [0.3, 0.4) is 0 Å². The Bertz CT molecular complexity index is 285. The van der Waals surface area contributed by atoms with E-state index in [1.54, 1.807) is 0 Å². The first-order valence-electron chi connectivity index (χ1n) is 8.38. The molecule has 1 saturated heterocycles. The summed E-state index contributed by atoms with van der Waals surface area (Å²) < 4.78 is 0. The summed E-state index contributed by atoms with van der Waals surface area (Å²) in [7, 11) is 4.30. The maximum Gasteiger partial charge on any atom is 0.0613 e. The van der Waals surface area contributed by atoms with Crippen molar-refractivity contribution in [2.24, 2.45) is 0 Å². The number of aliphatic hydroxyl groups is 1. The highest BCUT2D eigenvalue weighted by Gasteiger charge is 2.37. The van der Waals surface area contributed by atoms with E-state index in [1.165, 1.54) is 45.3 Å². The third-order valence-corrected chi connectivity index (χ3v) is 5.81. The molecule has 0 spiro atoms.